The Bertz CT molecular complexity index is 310. The lowest BCUT2D eigenvalue weighted by atomic mass is 10.0. The average Bonchev–Trinajstić information content (AvgIpc) is 2.22. The van der Waals surface area contributed by atoms with E-state index in [9.17, 15) is 0 Å². The molecule has 0 unspecified atom stereocenters. The Balaban J connectivity index is 1.81. The molecule has 0 bridgehead atoms. The second-order valence-electron chi connectivity index (χ2n) is 3.81. The lowest BCUT2D eigenvalue weighted by Gasteiger charge is -2.26. The van der Waals surface area contributed by atoms with Gasteiger partial charge < -0.3 is 14.8 Å². The third-order valence-electron chi connectivity index (χ3n) is 2.72. The van der Waals surface area contributed by atoms with Crippen LogP contribution in [0.4, 0.5) is 0 Å². The van der Waals surface area contributed by atoms with E-state index in [4.69, 9.17) is 9.47 Å². The second-order valence-corrected chi connectivity index (χ2v) is 3.81. The predicted octanol–water partition coefficient (Wildman–Crippen LogP) is 1.68. The molecule has 1 N–H and O–H groups in total. The number of rotatable bonds is 5. The highest BCUT2D eigenvalue weighted by atomic mass is 16.5. The summed E-state index contributed by atoms with van der Waals surface area (Å²) in [6, 6.07) is 7.77. The van der Waals surface area contributed by atoms with Gasteiger partial charge in [-0.05, 0) is 37.6 Å². The van der Waals surface area contributed by atoms with Crippen molar-refractivity contribution in [1.82, 2.24) is 5.32 Å². The molecule has 0 aromatic heterocycles. The molecule has 15 heavy (non-hydrogen) atoms. The van der Waals surface area contributed by atoms with Gasteiger partial charge in [-0.25, -0.2) is 0 Å². The molecule has 1 heterocycles. The van der Waals surface area contributed by atoms with E-state index in [1.807, 2.05) is 24.3 Å². The van der Waals surface area contributed by atoms with Crippen LogP contribution >= 0.6 is 0 Å². The molecule has 1 aliphatic heterocycles. The van der Waals surface area contributed by atoms with Gasteiger partial charge >= 0.3 is 0 Å². The van der Waals surface area contributed by atoms with Gasteiger partial charge in [0.2, 0.25) is 0 Å². The van der Waals surface area contributed by atoms with Gasteiger partial charge in [-0.3, -0.25) is 0 Å². The molecule has 1 saturated heterocycles. The molecule has 1 aromatic carbocycles. The minimum atomic E-state index is 0.771. The fraction of sp³-hybridized carbons (Fsp3) is 0.500. The Labute approximate surface area is 90.4 Å². The highest BCUT2D eigenvalue weighted by Gasteiger charge is 2.16. The third-order valence-corrected chi connectivity index (χ3v) is 2.72. The molecule has 0 atom stereocenters. The van der Waals surface area contributed by atoms with Crippen LogP contribution in [-0.4, -0.2) is 26.8 Å². The van der Waals surface area contributed by atoms with Crippen LogP contribution in [0, 0.1) is 5.92 Å². The average molecular weight is 207 g/mol. The maximum atomic E-state index is 5.68. The summed E-state index contributed by atoms with van der Waals surface area (Å²) in [4.78, 5) is 0. The first kappa shape index (κ1) is 10.3. The van der Waals surface area contributed by atoms with E-state index >= 15 is 0 Å². The molecule has 0 aliphatic carbocycles. The molecule has 82 valence electrons. The summed E-state index contributed by atoms with van der Waals surface area (Å²) in [6.45, 7) is 3.04. The van der Waals surface area contributed by atoms with Crippen molar-refractivity contribution in [3.05, 3.63) is 24.3 Å². The molecule has 3 nitrogen and oxygen atoms in total. The predicted molar refractivity (Wildman–Crippen MR) is 59.5 cm³/mol. The number of methoxy groups -OCH3 is 1. The zero-order chi connectivity index (χ0) is 10.5. The summed E-state index contributed by atoms with van der Waals surface area (Å²) in [5.41, 5.74) is 0. The van der Waals surface area contributed by atoms with Crippen LogP contribution in [0.5, 0.6) is 11.5 Å². The van der Waals surface area contributed by atoms with Gasteiger partial charge in [-0.2, -0.15) is 0 Å². The molecule has 3 heteroatoms. The zero-order valence-corrected chi connectivity index (χ0v) is 9.03. The van der Waals surface area contributed by atoms with E-state index in [1.165, 1.54) is 0 Å². The summed E-state index contributed by atoms with van der Waals surface area (Å²) in [7, 11) is 1.66. The van der Waals surface area contributed by atoms with E-state index in [0.29, 0.717) is 0 Å². The van der Waals surface area contributed by atoms with E-state index in [-0.39, 0.29) is 0 Å². The lowest BCUT2D eigenvalue weighted by molar-refractivity contribution is 0.231. The van der Waals surface area contributed by atoms with Gasteiger partial charge in [-0.1, -0.05) is 12.1 Å². The van der Waals surface area contributed by atoms with Crippen molar-refractivity contribution >= 4 is 0 Å². The first-order valence-electron chi connectivity index (χ1n) is 5.36. The van der Waals surface area contributed by atoms with Crippen LogP contribution in [0.15, 0.2) is 24.3 Å². The van der Waals surface area contributed by atoms with Crippen LogP contribution in [0.2, 0.25) is 0 Å². The van der Waals surface area contributed by atoms with Crippen LogP contribution in [-0.2, 0) is 0 Å². The van der Waals surface area contributed by atoms with Gasteiger partial charge in [0, 0.05) is 0 Å². The molecule has 0 spiro atoms. The van der Waals surface area contributed by atoms with Crippen LogP contribution < -0.4 is 14.8 Å². The maximum absolute atomic E-state index is 5.68. The van der Waals surface area contributed by atoms with Gasteiger partial charge in [0.15, 0.2) is 11.5 Å². The summed E-state index contributed by atoms with van der Waals surface area (Å²) in [5, 5.41) is 3.25. The largest absolute Gasteiger partial charge is 0.493 e. The van der Waals surface area contributed by atoms with Crippen molar-refractivity contribution in [2.45, 2.75) is 6.42 Å². The molecule has 1 aromatic rings. The standard InChI is InChI=1S/C12H17NO2/c1-14-11-4-2-3-5-12(11)15-7-6-10-8-13-9-10/h2-5,10,13H,6-9H2,1H3. The summed E-state index contributed by atoms with van der Waals surface area (Å²) in [5.74, 6) is 2.44. The summed E-state index contributed by atoms with van der Waals surface area (Å²) < 4.78 is 10.9. The summed E-state index contributed by atoms with van der Waals surface area (Å²) >= 11 is 0. The maximum Gasteiger partial charge on any atom is 0.161 e. The fourth-order valence-electron chi connectivity index (χ4n) is 1.63. The highest BCUT2D eigenvalue weighted by Crippen LogP contribution is 2.26. The third kappa shape index (κ3) is 2.63. The highest BCUT2D eigenvalue weighted by molar-refractivity contribution is 5.39. The Hall–Kier alpha value is -1.22. The van der Waals surface area contributed by atoms with E-state index in [1.54, 1.807) is 7.11 Å². The van der Waals surface area contributed by atoms with Crippen LogP contribution in [0.3, 0.4) is 0 Å². The molecule has 0 saturated carbocycles. The van der Waals surface area contributed by atoms with Gasteiger partial charge in [-0.15, -0.1) is 0 Å². The Morgan fingerprint density at radius 1 is 1.27 bits per heavy atom. The first-order valence-corrected chi connectivity index (χ1v) is 5.36. The Morgan fingerprint density at radius 2 is 2.00 bits per heavy atom. The minimum Gasteiger partial charge on any atom is -0.493 e. The van der Waals surface area contributed by atoms with Crippen LogP contribution in [0.25, 0.3) is 0 Å². The Morgan fingerprint density at radius 3 is 2.60 bits per heavy atom. The van der Waals surface area contributed by atoms with Crippen molar-refractivity contribution in [3.63, 3.8) is 0 Å². The van der Waals surface area contributed by atoms with E-state index < -0.39 is 0 Å². The molecule has 0 amide bonds. The van der Waals surface area contributed by atoms with Crippen molar-refractivity contribution in [2.75, 3.05) is 26.8 Å². The molecule has 0 radical (unpaired) electrons. The van der Waals surface area contributed by atoms with Gasteiger partial charge in [0.1, 0.15) is 0 Å². The number of para-hydroxylation sites is 2. The normalized spacial score (nSPS) is 15.8. The number of ether oxygens (including phenoxy) is 2. The molecule has 2 rings (SSSR count). The smallest absolute Gasteiger partial charge is 0.161 e. The van der Waals surface area contributed by atoms with Crippen molar-refractivity contribution in [3.8, 4) is 11.5 Å². The van der Waals surface area contributed by atoms with Crippen molar-refractivity contribution < 1.29 is 9.47 Å². The number of benzene rings is 1. The van der Waals surface area contributed by atoms with Gasteiger partial charge in [0.25, 0.3) is 0 Å². The minimum absolute atomic E-state index is 0.771. The zero-order valence-electron chi connectivity index (χ0n) is 9.03. The summed E-state index contributed by atoms with van der Waals surface area (Å²) in [6.07, 6.45) is 1.12. The van der Waals surface area contributed by atoms with Gasteiger partial charge in [0.05, 0.1) is 13.7 Å². The van der Waals surface area contributed by atoms with Crippen molar-refractivity contribution in [1.29, 1.82) is 0 Å². The molecular weight excluding hydrogens is 190 g/mol. The van der Waals surface area contributed by atoms with E-state index in [0.717, 1.165) is 43.5 Å². The lowest BCUT2D eigenvalue weighted by Crippen LogP contribution is -2.42. The monoisotopic (exact) mass is 207 g/mol. The van der Waals surface area contributed by atoms with Crippen molar-refractivity contribution in [2.24, 2.45) is 5.92 Å². The second kappa shape index (κ2) is 5.03. The van der Waals surface area contributed by atoms with Crippen LogP contribution in [0.1, 0.15) is 6.42 Å². The number of hydrogen-bond acceptors (Lipinski definition) is 3. The quantitative estimate of drug-likeness (QED) is 0.797. The topological polar surface area (TPSA) is 30.5 Å². The Kier molecular flexibility index (Phi) is 3.45. The fourth-order valence-corrected chi connectivity index (χ4v) is 1.63. The molecular formula is C12H17NO2. The van der Waals surface area contributed by atoms with E-state index in [2.05, 4.69) is 5.32 Å². The first-order chi connectivity index (χ1) is 7.40. The molecule has 1 fully saturated rings. The number of hydrogen-bond donors (Lipinski definition) is 1. The molecule has 1 aliphatic rings. The number of nitrogens with one attached hydrogen (secondary N) is 1. The SMILES string of the molecule is COc1ccccc1OCCC1CNC1.